The summed E-state index contributed by atoms with van der Waals surface area (Å²) in [6.45, 7) is 1.97. The fourth-order valence-corrected chi connectivity index (χ4v) is 1.08. The van der Waals surface area contributed by atoms with Crippen molar-refractivity contribution in [1.29, 1.82) is 0 Å². The van der Waals surface area contributed by atoms with Crippen LogP contribution in [0.2, 0.25) is 0 Å². The minimum absolute atomic E-state index is 0.788. The normalized spacial score (nSPS) is 9.92. The van der Waals surface area contributed by atoms with Crippen LogP contribution in [0.25, 0.3) is 0 Å². The van der Waals surface area contributed by atoms with E-state index in [0.29, 0.717) is 0 Å². The van der Waals surface area contributed by atoms with Crippen LogP contribution in [0, 0.1) is 6.92 Å². The molecule has 0 heterocycles. The second kappa shape index (κ2) is 3.45. The quantitative estimate of drug-likeness (QED) is 0.535. The van der Waals surface area contributed by atoms with Crippen molar-refractivity contribution in [1.82, 2.24) is 0 Å². The Morgan fingerprint density at radius 1 is 1.42 bits per heavy atom. The number of hydrogen-bond acceptors (Lipinski definition) is 3. The van der Waals surface area contributed by atoms with Crippen LogP contribution in [0.4, 0.5) is 11.4 Å². The molecule has 0 aliphatic rings. The summed E-state index contributed by atoms with van der Waals surface area (Å²) in [6, 6.07) is 5.75. The van der Waals surface area contributed by atoms with Crippen LogP contribution < -0.4 is 10.8 Å². The summed E-state index contributed by atoms with van der Waals surface area (Å²) >= 11 is 0. The number of nitrogens with zero attached hydrogens (tertiary/aromatic N) is 1. The lowest BCUT2D eigenvalue weighted by Crippen LogP contribution is -2.16. The summed E-state index contributed by atoms with van der Waals surface area (Å²) in [4.78, 5) is 5.05. The average molecular weight is 166 g/mol. The molecule has 3 nitrogen and oxygen atoms in total. The van der Waals surface area contributed by atoms with Crippen molar-refractivity contribution in [2.75, 3.05) is 25.0 Å². The summed E-state index contributed by atoms with van der Waals surface area (Å²) < 4.78 is 0. The van der Waals surface area contributed by atoms with Crippen molar-refractivity contribution in [2.45, 2.75) is 6.92 Å². The topological polar surface area (TPSA) is 38.5 Å². The number of hydroxylamine groups is 1. The molecule has 12 heavy (non-hydrogen) atoms. The zero-order valence-corrected chi connectivity index (χ0v) is 7.66. The van der Waals surface area contributed by atoms with Gasteiger partial charge in [0.05, 0.1) is 12.8 Å². The van der Waals surface area contributed by atoms with Gasteiger partial charge in [-0.05, 0) is 24.6 Å². The van der Waals surface area contributed by atoms with Crippen LogP contribution in [0.5, 0.6) is 0 Å². The molecule has 0 aliphatic carbocycles. The first-order chi connectivity index (χ1) is 5.66. The van der Waals surface area contributed by atoms with Crippen molar-refractivity contribution in [3.05, 3.63) is 23.8 Å². The van der Waals surface area contributed by atoms with Gasteiger partial charge in [0, 0.05) is 12.7 Å². The van der Waals surface area contributed by atoms with Gasteiger partial charge in [-0.2, -0.15) is 0 Å². The van der Waals surface area contributed by atoms with E-state index in [-0.39, 0.29) is 0 Å². The zero-order chi connectivity index (χ0) is 9.14. The molecule has 0 saturated carbocycles. The van der Waals surface area contributed by atoms with Gasteiger partial charge in [-0.25, -0.2) is 0 Å². The van der Waals surface area contributed by atoms with Gasteiger partial charge in [-0.1, -0.05) is 6.07 Å². The number of hydrogen-bond donors (Lipinski definition) is 1. The molecule has 1 rings (SSSR count). The Morgan fingerprint density at radius 2 is 2.08 bits per heavy atom. The van der Waals surface area contributed by atoms with E-state index in [4.69, 9.17) is 10.6 Å². The molecule has 0 aromatic heterocycles. The number of benzene rings is 1. The lowest BCUT2D eigenvalue weighted by molar-refractivity contribution is 0.184. The highest BCUT2D eigenvalue weighted by atomic mass is 16.7. The molecule has 66 valence electrons. The van der Waals surface area contributed by atoms with E-state index >= 15 is 0 Å². The third kappa shape index (κ3) is 1.51. The average Bonchev–Trinajstić information content (AvgIpc) is 2.08. The highest BCUT2D eigenvalue weighted by Gasteiger charge is 2.04. The molecular weight excluding hydrogens is 152 g/mol. The first-order valence-corrected chi connectivity index (χ1v) is 3.79. The molecule has 0 radical (unpaired) electrons. The fraction of sp³-hybridized carbons (Fsp3) is 0.333. The molecule has 0 atom stereocenters. The third-order valence-corrected chi connectivity index (χ3v) is 1.96. The molecule has 1 aromatic carbocycles. The molecule has 1 aromatic rings. The van der Waals surface area contributed by atoms with Gasteiger partial charge in [0.15, 0.2) is 0 Å². The number of rotatable bonds is 2. The number of nitrogen functional groups attached to an aromatic ring is 1. The minimum atomic E-state index is 0.788. The van der Waals surface area contributed by atoms with E-state index in [0.717, 1.165) is 16.9 Å². The summed E-state index contributed by atoms with van der Waals surface area (Å²) in [5, 5.41) is 1.69. The van der Waals surface area contributed by atoms with Crippen molar-refractivity contribution < 1.29 is 4.84 Å². The van der Waals surface area contributed by atoms with Gasteiger partial charge in [-0.15, -0.1) is 0 Å². The van der Waals surface area contributed by atoms with Gasteiger partial charge in [-0.3, -0.25) is 9.90 Å². The maximum Gasteiger partial charge on any atom is 0.0682 e. The van der Waals surface area contributed by atoms with E-state index < -0.39 is 0 Å². The summed E-state index contributed by atoms with van der Waals surface area (Å²) in [7, 11) is 3.48. The van der Waals surface area contributed by atoms with Gasteiger partial charge in [0.1, 0.15) is 0 Å². The Bertz CT molecular complexity index is 273. The summed E-state index contributed by atoms with van der Waals surface area (Å²) in [6.07, 6.45) is 0. The third-order valence-electron chi connectivity index (χ3n) is 1.96. The molecule has 0 saturated heterocycles. The molecule has 0 unspecified atom stereocenters. The van der Waals surface area contributed by atoms with E-state index in [1.165, 1.54) is 0 Å². The Morgan fingerprint density at radius 3 is 2.67 bits per heavy atom. The minimum Gasteiger partial charge on any atom is -0.398 e. The van der Waals surface area contributed by atoms with Gasteiger partial charge in [0.2, 0.25) is 0 Å². The van der Waals surface area contributed by atoms with Crippen LogP contribution in [0.1, 0.15) is 5.56 Å². The molecule has 0 aliphatic heterocycles. The molecule has 3 heteroatoms. The van der Waals surface area contributed by atoms with Crippen LogP contribution in [-0.4, -0.2) is 14.2 Å². The first kappa shape index (κ1) is 8.87. The van der Waals surface area contributed by atoms with E-state index in [1.54, 1.807) is 12.2 Å². The molecule has 0 fully saturated rings. The standard InChI is InChI=1S/C9H14N2O/c1-7-8(10)5-4-6-9(7)11(2)12-3/h4-6H,10H2,1-3H3. The largest absolute Gasteiger partial charge is 0.398 e. The lowest BCUT2D eigenvalue weighted by Gasteiger charge is -2.18. The Balaban J connectivity index is 3.07. The summed E-state index contributed by atoms with van der Waals surface area (Å²) in [5.74, 6) is 0. The first-order valence-electron chi connectivity index (χ1n) is 3.79. The predicted octanol–water partition coefficient (Wildman–Crippen LogP) is 1.57. The Kier molecular flexibility index (Phi) is 2.55. The van der Waals surface area contributed by atoms with Crippen LogP contribution >= 0.6 is 0 Å². The van der Waals surface area contributed by atoms with Crippen molar-refractivity contribution >= 4 is 11.4 Å². The maximum atomic E-state index is 5.73. The highest BCUT2D eigenvalue weighted by Crippen LogP contribution is 2.23. The molecule has 0 bridgehead atoms. The molecule has 0 spiro atoms. The summed E-state index contributed by atoms with van der Waals surface area (Å²) in [5.41, 5.74) is 8.56. The van der Waals surface area contributed by atoms with E-state index in [2.05, 4.69) is 0 Å². The maximum absolute atomic E-state index is 5.73. The lowest BCUT2D eigenvalue weighted by atomic mass is 10.1. The van der Waals surface area contributed by atoms with Crippen molar-refractivity contribution in [2.24, 2.45) is 0 Å². The number of nitrogens with two attached hydrogens (primary N) is 1. The van der Waals surface area contributed by atoms with E-state index in [1.807, 2.05) is 32.2 Å². The van der Waals surface area contributed by atoms with E-state index in [9.17, 15) is 0 Å². The molecular formula is C9H14N2O. The predicted molar refractivity (Wildman–Crippen MR) is 51.0 cm³/mol. The Hall–Kier alpha value is -1.22. The smallest absolute Gasteiger partial charge is 0.0682 e. The van der Waals surface area contributed by atoms with Crippen LogP contribution in [0.3, 0.4) is 0 Å². The van der Waals surface area contributed by atoms with Gasteiger partial charge >= 0.3 is 0 Å². The second-order valence-corrected chi connectivity index (χ2v) is 2.67. The second-order valence-electron chi connectivity index (χ2n) is 2.67. The number of anilines is 2. The fourth-order valence-electron chi connectivity index (χ4n) is 1.08. The van der Waals surface area contributed by atoms with Gasteiger partial charge in [0.25, 0.3) is 0 Å². The van der Waals surface area contributed by atoms with Crippen molar-refractivity contribution in [3.8, 4) is 0 Å². The highest BCUT2D eigenvalue weighted by molar-refractivity contribution is 5.62. The van der Waals surface area contributed by atoms with Crippen molar-refractivity contribution in [3.63, 3.8) is 0 Å². The van der Waals surface area contributed by atoms with Crippen LogP contribution in [-0.2, 0) is 4.84 Å². The van der Waals surface area contributed by atoms with Crippen LogP contribution in [0.15, 0.2) is 18.2 Å². The van der Waals surface area contributed by atoms with Gasteiger partial charge < -0.3 is 5.73 Å². The zero-order valence-electron chi connectivity index (χ0n) is 7.66. The SMILES string of the molecule is CON(C)c1cccc(N)c1C. The molecule has 2 N–H and O–H groups in total. The Labute approximate surface area is 72.7 Å². The molecule has 0 amide bonds. The monoisotopic (exact) mass is 166 g/mol.